The van der Waals surface area contributed by atoms with Crippen LogP contribution in [0.5, 0.6) is 0 Å². The van der Waals surface area contributed by atoms with E-state index in [0.29, 0.717) is 0 Å². The summed E-state index contributed by atoms with van der Waals surface area (Å²) in [4.78, 5) is 12.3. The minimum atomic E-state index is -0.639. The molecule has 0 fully saturated rings. The molecule has 21 heavy (non-hydrogen) atoms. The second kappa shape index (κ2) is 6.55. The first-order valence-electron chi connectivity index (χ1n) is 7.17. The molecule has 0 spiro atoms. The van der Waals surface area contributed by atoms with E-state index in [4.69, 9.17) is 5.73 Å². The number of amides is 1. The van der Waals surface area contributed by atoms with Gasteiger partial charge in [0.2, 0.25) is 5.91 Å². The Morgan fingerprint density at radius 2 is 1.76 bits per heavy atom. The number of hydrogen-bond donors (Lipinski definition) is 2. The molecule has 0 aromatic heterocycles. The molecule has 0 aliphatic carbocycles. The molecular formula is C18H22N2O. The fourth-order valence-electron chi connectivity index (χ4n) is 2.50. The van der Waals surface area contributed by atoms with Gasteiger partial charge in [-0.15, -0.1) is 0 Å². The van der Waals surface area contributed by atoms with Gasteiger partial charge in [0.05, 0.1) is 6.04 Å². The Balaban J connectivity index is 2.08. The summed E-state index contributed by atoms with van der Waals surface area (Å²) in [5.74, 6) is -0.159. The van der Waals surface area contributed by atoms with Crippen molar-refractivity contribution >= 4 is 5.91 Å². The molecule has 0 bridgehead atoms. The van der Waals surface area contributed by atoms with Gasteiger partial charge in [-0.25, -0.2) is 0 Å². The van der Waals surface area contributed by atoms with E-state index in [1.165, 1.54) is 11.1 Å². The Morgan fingerprint density at radius 3 is 2.38 bits per heavy atom. The van der Waals surface area contributed by atoms with E-state index < -0.39 is 6.04 Å². The lowest BCUT2D eigenvalue weighted by molar-refractivity contribution is -0.123. The van der Waals surface area contributed by atoms with Crippen molar-refractivity contribution in [3.8, 4) is 0 Å². The average molecular weight is 282 g/mol. The summed E-state index contributed by atoms with van der Waals surface area (Å²) >= 11 is 0. The van der Waals surface area contributed by atoms with Gasteiger partial charge in [0.15, 0.2) is 0 Å². The van der Waals surface area contributed by atoms with Crippen LogP contribution in [0.4, 0.5) is 0 Å². The van der Waals surface area contributed by atoms with E-state index in [-0.39, 0.29) is 11.9 Å². The summed E-state index contributed by atoms with van der Waals surface area (Å²) < 4.78 is 0. The molecule has 2 aromatic carbocycles. The molecule has 0 aliphatic rings. The monoisotopic (exact) mass is 282 g/mol. The summed E-state index contributed by atoms with van der Waals surface area (Å²) in [5, 5.41) is 2.99. The smallest absolute Gasteiger partial charge is 0.241 e. The molecule has 2 atom stereocenters. The second-order valence-corrected chi connectivity index (χ2v) is 5.48. The number of rotatable bonds is 4. The molecule has 2 aromatic rings. The molecule has 3 heteroatoms. The van der Waals surface area contributed by atoms with Gasteiger partial charge in [0.1, 0.15) is 6.04 Å². The number of carbonyl (C=O) groups excluding carboxylic acids is 1. The van der Waals surface area contributed by atoms with Crippen LogP contribution < -0.4 is 11.1 Å². The zero-order valence-electron chi connectivity index (χ0n) is 12.8. The van der Waals surface area contributed by atoms with Crippen LogP contribution in [0.25, 0.3) is 0 Å². The van der Waals surface area contributed by atoms with E-state index in [1.54, 1.807) is 0 Å². The molecule has 1 unspecified atom stereocenters. The maximum atomic E-state index is 12.3. The minimum absolute atomic E-state index is 0.0622. The maximum Gasteiger partial charge on any atom is 0.241 e. The van der Waals surface area contributed by atoms with Gasteiger partial charge < -0.3 is 11.1 Å². The van der Waals surface area contributed by atoms with Crippen molar-refractivity contribution in [1.82, 2.24) is 5.32 Å². The fraction of sp³-hybridized carbons (Fsp3) is 0.278. The Morgan fingerprint density at radius 1 is 1.10 bits per heavy atom. The first-order valence-corrected chi connectivity index (χ1v) is 7.17. The SMILES string of the molecule is Cc1ccc(C(C)NC(=O)[C@H](N)c2ccccc2)c(C)c1. The third-order valence-corrected chi connectivity index (χ3v) is 3.69. The van der Waals surface area contributed by atoms with Gasteiger partial charge in [-0.3, -0.25) is 4.79 Å². The lowest BCUT2D eigenvalue weighted by atomic mass is 9.99. The van der Waals surface area contributed by atoms with E-state index in [0.717, 1.165) is 11.1 Å². The quantitative estimate of drug-likeness (QED) is 0.905. The summed E-state index contributed by atoms with van der Waals surface area (Å²) in [6.07, 6.45) is 0. The highest BCUT2D eigenvalue weighted by Crippen LogP contribution is 2.19. The summed E-state index contributed by atoms with van der Waals surface area (Å²) in [7, 11) is 0. The van der Waals surface area contributed by atoms with Crippen LogP contribution in [0.2, 0.25) is 0 Å². The molecule has 0 saturated carbocycles. The molecule has 3 nitrogen and oxygen atoms in total. The van der Waals surface area contributed by atoms with Crippen molar-refractivity contribution in [1.29, 1.82) is 0 Å². The molecule has 1 amide bonds. The van der Waals surface area contributed by atoms with Gasteiger partial charge in [-0.1, -0.05) is 54.1 Å². The second-order valence-electron chi connectivity index (χ2n) is 5.48. The van der Waals surface area contributed by atoms with Crippen molar-refractivity contribution in [3.63, 3.8) is 0 Å². The van der Waals surface area contributed by atoms with E-state index in [1.807, 2.05) is 37.3 Å². The van der Waals surface area contributed by atoms with Crippen LogP contribution in [0.15, 0.2) is 48.5 Å². The van der Waals surface area contributed by atoms with Crippen molar-refractivity contribution in [2.24, 2.45) is 5.73 Å². The predicted octanol–water partition coefficient (Wildman–Crippen LogP) is 3.18. The first-order chi connectivity index (χ1) is 9.99. The number of benzene rings is 2. The van der Waals surface area contributed by atoms with Gasteiger partial charge in [-0.05, 0) is 37.5 Å². The van der Waals surface area contributed by atoms with Crippen molar-refractivity contribution in [2.75, 3.05) is 0 Å². The number of hydrogen-bond acceptors (Lipinski definition) is 2. The highest BCUT2D eigenvalue weighted by atomic mass is 16.2. The molecule has 0 heterocycles. The normalized spacial score (nSPS) is 13.5. The highest BCUT2D eigenvalue weighted by Gasteiger charge is 2.18. The molecule has 0 radical (unpaired) electrons. The third kappa shape index (κ3) is 3.70. The Hall–Kier alpha value is -2.13. The van der Waals surface area contributed by atoms with Crippen LogP contribution in [0, 0.1) is 13.8 Å². The van der Waals surface area contributed by atoms with Gasteiger partial charge in [-0.2, -0.15) is 0 Å². The van der Waals surface area contributed by atoms with Crippen molar-refractivity contribution < 1.29 is 4.79 Å². The standard InChI is InChI=1S/C18H22N2O/c1-12-9-10-16(13(2)11-12)14(3)20-18(21)17(19)15-7-5-4-6-8-15/h4-11,14,17H,19H2,1-3H3,(H,20,21)/t14?,17-/m1/s1. The Bertz CT molecular complexity index is 622. The molecule has 2 rings (SSSR count). The lowest BCUT2D eigenvalue weighted by Crippen LogP contribution is -2.35. The van der Waals surface area contributed by atoms with E-state index in [9.17, 15) is 4.79 Å². The molecular weight excluding hydrogens is 260 g/mol. The van der Waals surface area contributed by atoms with Crippen molar-refractivity contribution in [3.05, 3.63) is 70.8 Å². The number of nitrogens with one attached hydrogen (secondary N) is 1. The summed E-state index contributed by atoms with van der Waals surface area (Å²) in [5.41, 5.74) is 10.4. The van der Waals surface area contributed by atoms with Crippen molar-refractivity contribution in [2.45, 2.75) is 32.9 Å². The number of aryl methyl sites for hydroxylation is 2. The van der Waals surface area contributed by atoms with Gasteiger partial charge in [0.25, 0.3) is 0 Å². The van der Waals surface area contributed by atoms with Crippen LogP contribution in [-0.2, 0) is 4.79 Å². The van der Waals surface area contributed by atoms with E-state index >= 15 is 0 Å². The zero-order valence-corrected chi connectivity index (χ0v) is 12.8. The third-order valence-electron chi connectivity index (χ3n) is 3.69. The minimum Gasteiger partial charge on any atom is -0.348 e. The maximum absolute atomic E-state index is 12.3. The summed E-state index contributed by atoms with van der Waals surface area (Å²) in [6, 6.07) is 14.9. The van der Waals surface area contributed by atoms with Crippen LogP contribution in [-0.4, -0.2) is 5.91 Å². The molecule has 0 aliphatic heterocycles. The van der Waals surface area contributed by atoms with Crippen LogP contribution >= 0.6 is 0 Å². The zero-order chi connectivity index (χ0) is 15.4. The fourth-order valence-corrected chi connectivity index (χ4v) is 2.50. The topological polar surface area (TPSA) is 55.1 Å². The van der Waals surface area contributed by atoms with Crippen LogP contribution in [0.1, 0.15) is 41.3 Å². The van der Waals surface area contributed by atoms with Crippen LogP contribution in [0.3, 0.4) is 0 Å². The predicted molar refractivity (Wildman–Crippen MR) is 85.8 cm³/mol. The molecule has 0 saturated heterocycles. The molecule has 3 N–H and O–H groups in total. The molecule has 110 valence electrons. The summed E-state index contributed by atoms with van der Waals surface area (Å²) in [6.45, 7) is 6.10. The number of carbonyl (C=O) groups is 1. The largest absolute Gasteiger partial charge is 0.348 e. The Labute approximate surface area is 126 Å². The Kier molecular flexibility index (Phi) is 4.76. The van der Waals surface area contributed by atoms with Gasteiger partial charge in [0, 0.05) is 0 Å². The lowest BCUT2D eigenvalue weighted by Gasteiger charge is -2.20. The first kappa shape index (κ1) is 15.3. The average Bonchev–Trinajstić information content (AvgIpc) is 2.47. The van der Waals surface area contributed by atoms with Gasteiger partial charge >= 0.3 is 0 Å². The van der Waals surface area contributed by atoms with E-state index in [2.05, 4.69) is 37.4 Å². The highest BCUT2D eigenvalue weighted by molar-refractivity contribution is 5.83. The number of nitrogens with two attached hydrogens (primary N) is 1.